The van der Waals surface area contributed by atoms with E-state index in [1.54, 1.807) is 16.9 Å². The molecule has 0 unspecified atom stereocenters. The number of pyridine rings is 3. The van der Waals surface area contributed by atoms with Crippen LogP contribution in [-0.4, -0.2) is 87.7 Å². The van der Waals surface area contributed by atoms with Crippen molar-refractivity contribution in [2.24, 2.45) is 5.41 Å². The molecule has 0 aromatic carbocycles. The molecule has 10 nitrogen and oxygen atoms in total. The second-order valence-corrected chi connectivity index (χ2v) is 11.7. The molecule has 4 aromatic rings. The fourth-order valence-electron chi connectivity index (χ4n) is 6.31. The first-order valence-electron chi connectivity index (χ1n) is 14.2. The topological polar surface area (TPSA) is 112 Å². The van der Waals surface area contributed by atoms with Crippen LogP contribution < -0.4 is 9.64 Å². The lowest BCUT2D eigenvalue weighted by Gasteiger charge is -2.55. The first kappa shape index (κ1) is 25.9. The van der Waals surface area contributed by atoms with E-state index in [2.05, 4.69) is 26.0 Å². The van der Waals surface area contributed by atoms with Gasteiger partial charge in [0.05, 0.1) is 42.3 Å². The number of nitriles is 1. The fraction of sp³-hybridized carbons (Fsp3) is 0.419. The molecule has 4 aromatic heterocycles. The van der Waals surface area contributed by atoms with E-state index in [9.17, 15) is 10.4 Å². The predicted molar refractivity (Wildman–Crippen MR) is 153 cm³/mol. The van der Waals surface area contributed by atoms with Gasteiger partial charge in [0.25, 0.3) is 0 Å². The molecule has 10 heteroatoms. The van der Waals surface area contributed by atoms with E-state index in [0.29, 0.717) is 42.6 Å². The number of ether oxygens (including phenoxy) is 2. The summed E-state index contributed by atoms with van der Waals surface area (Å²) in [5, 5.41) is 25.3. The molecule has 7 heterocycles. The Bertz CT molecular complexity index is 1560. The average Bonchev–Trinajstić information content (AvgIpc) is 3.37. The lowest BCUT2D eigenvalue weighted by Crippen LogP contribution is -2.66. The van der Waals surface area contributed by atoms with Crippen molar-refractivity contribution in [3.05, 3.63) is 72.4 Å². The van der Waals surface area contributed by atoms with E-state index >= 15 is 0 Å². The highest BCUT2D eigenvalue weighted by atomic mass is 16.5. The Kier molecular flexibility index (Phi) is 6.58. The van der Waals surface area contributed by atoms with Gasteiger partial charge in [0.2, 0.25) is 0 Å². The Morgan fingerprint density at radius 2 is 1.93 bits per heavy atom. The number of fused-ring (bicyclic) bond motifs is 1. The second-order valence-electron chi connectivity index (χ2n) is 11.7. The van der Waals surface area contributed by atoms with Gasteiger partial charge in [0.15, 0.2) is 0 Å². The zero-order valence-corrected chi connectivity index (χ0v) is 22.9. The maximum atomic E-state index is 11.1. The number of hydrogen-bond donors (Lipinski definition) is 1. The highest BCUT2D eigenvalue weighted by Gasteiger charge is 2.48. The molecule has 1 N–H and O–H groups in total. The second kappa shape index (κ2) is 10.4. The Hall–Kier alpha value is -4.04. The van der Waals surface area contributed by atoms with E-state index in [-0.39, 0.29) is 0 Å². The van der Waals surface area contributed by atoms with E-state index in [0.717, 1.165) is 74.1 Å². The molecule has 3 saturated heterocycles. The van der Waals surface area contributed by atoms with Crippen molar-refractivity contribution in [3.63, 3.8) is 0 Å². The highest BCUT2D eigenvalue weighted by Crippen LogP contribution is 2.37. The van der Waals surface area contributed by atoms with Gasteiger partial charge in [-0.05, 0) is 43.2 Å². The van der Waals surface area contributed by atoms with Crippen molar-refractivity contribution in [1.29, 1.82) is 5.26 Å². The Balaban J connectivity index is 1.04. The molecule has 7 rings (SSSR count). The number of nitrogens with zero attached hydrogens (tertiary/aromatic N) is 7. The molecule has 0 atom stereocenters. The summed E-state index contributed by atoms with van der Waals surface area (Å²) in [5.74, 6) is 1.57. The van der Waals surface area contributed by atoms with Crippen molar-refractivity contribution in [1.82, 2.24) is 24.5 Å². The monoisotopic (exact) mass is 551 g/mol. The molecule has 210 valence electrons. The first-order chi connectivity index (χ1) is 20.0. The van der Waals surface area contributed by atoms with Crippen molar-refractivity contribution in [2.45, 2.75) is 24.9 Å². The summed E-state index contributed by atoms with van der Waals surface area (Å²) < 4.78 is 13.2. The smallest absolute Gasteiger partial charge is 0.138 e. The summed E-state index contributed by atoms with van der Waals surface area (Å²) in [4.78, 5) is 13.8. The van der Waals surface area contributed by atoms with Crippen LogP contribution >= 0.6 is 0 Å². The molecule has 1 spiro atoms. The minimum absolute atomic E-state index is 0.392. The third-order valence-corrected chi connectivity index (χ3v) is 8.63. The molecule has 41 heavy (non-hydrogen) atoms. The number of aliphatic hydroxyl groups is 1. The summed E-state index contributed by atoms with van der Waals surface area (Å²) in [6, 6.07) is 14.1. The Morgan fingerprint density at radius 3 is 2.61 bits per heavy atom. The molecular formula is C31H33N7O3. The maximum Gasteiger partial charge on any atom is 0.138 e. The van der Waals surface area contributed by atoms with Crippen LogP contribution in [0, 0.1) is 16.7 Å². The van der Waals surface area contributed by atoms with Gasteiger partial charge < -0.3 is 19.5 Å². The summed E-state index contributed by atoms with van der Waals surface area (Å²) in [6.45, 7) is 6.78. The minimum atomic E-state index is -0.755. The van der Waals surface area contributed by atoms with Crippen LogP contribution in [0.5, 0.6) is 5.75 Å². The summed E-state index contributed by atoms with van der Waals surface area (Å²) in [5.41, 5.74) is 3.54. The molecular weight excluding hydrogens is 518 g/mol. The predicted octanol–water partition coefficient (Wildman–Crippen LogP) is 2.95. The Labute approximate surface area is 238 Å². The van der Waals surface area contributed by atoms with Gasteiger partial charge in [-0.1, -0.05) is 6.07 Å². The van der Waals surface area contributed by atoms with Gasteiger partial charge >= 0.3 is 0 Å². The third-order valence-electron chi connectivity index (χ3n) is 8.63. The van der Waals surface area contributed by atoms with E-state index in [4.69, 9.17) is 14.5 Å². The number of aromatic nitrogens is 4. The molecule has 3 fully saturated rings. The first-order valence-corrected chi connectivity index (χ1v) is 14.2. The van der Waals surface area contributed by atoms with E-state index in [1.807, 2.05) is 48.8 Å². The number of rotatable bonds is 8. The van der Waals surface area contributed by atoms with Crippen LogP contribution in [0.2, 0.25) is 0 Å². The zero-order valence-electron chi connectivity index (χ0n) is 22.9. The third kappa shape index (κ3) is 5.12. The van der Waals surface area contributed by atoms with Crippen LogP contribution in [0.4, 0.5) is 5.82 Å². The van der Waals surface area contributed by atoms with Gasteiger partial charge in [-0.25, -0.2) is 9.50 Å². The van der Waals surface area contributed by atoms with Gasteiger partial charge in [-0.2, -0.15) is 10.4 Å². The van der Waals surface area contributed by atoms with Crippen LogP contribution in [0.25, 0.3) is 16.6 Å². The minimum Gasteiger partial charge on any atom is -0.491 e. The van der Waals surface area contributed by atoms with Crippen LogP contribution in [0.1, 0.15) is 24.1 Å². The quantitative estimate of drug-likeness (QED) is 0.353. The zero-order chi connectivity index (χ0) is 27.9. The van der Waals surface area contributed by atoms with Crippen molar-refractivity contribution in [3.8, 4) is 22.9 Å². The number of anilines is 1. The fourth-order valence-corrected chi connectivity index (χ4v) is 6.31. The lowest BCUT2D eigenvalue weighted by atomic mass is 9.78. The van der Waals surface area contributed by atoms with Crippen LogP contribution in [0.3, 0.4) is 0 Å². The van der Waals surface area contributed by atoms with Crippen molar-refractivity contribution in [2.75, 3.05) is 57.4 Å². The van der Waals surface area contributed by atoms with E-state index < -0.39 is 5.60 Å². The van der Waals surface area contributed by atoms with Gasteiger partial charge in [0, 0.05) is 73.8 Å². The molecule has 0 saturated carbocycles. The van der Waals surface area contributed by atoms with E-state index in [1.165, 1.54) is 0 Å². The molecule has 3 aliphatic heterocycles. The largest absolute Gasteiger partial charge is 0.491 e. The van der Waals surface area contributed by atoms with Crippen molar-refractivity contribution >= 4 is 11.3 Å². The summed E-state index contributed by atoms with van der Waals surface area (Å²) >= 11 is 0. The number of piperidine rings is 1. The molecule has 0 bridgehead atoms. The Morgan fingerprint density at radius 1 is 1.07 bits per heavy atom. The molecule has 0 radical (unpaired) electrons. The SMILES string of the molecule is N#Cc1cnn2cc(OCCN3CC4(COC4)C3)cc(-c3ccc(N4CCC(O)(Cc5ccccn5)CC4)nc3)c12. The van der Waals surface area contributed by atoms with Crippen LogP contribution in [-0.2, 0) is 11.2 Å². The number of likely N-dealkylation sites (tertiary alicyclic amines) is 1. The maximum absolute atomic E-state index is 11.1. The van der Waals surface area contributed by atoms with Crippen molar-refractivity contribution < 1.29 is 14.6 Å². The number of hydrogen-bond acceptors (Lipinski definition) is 9. The lowest BCUT2D eigenvalue weighted by molar-refractivity contribution is -0.189. The normalized spacial score (nSPS) is 19.5. The standard InChI is InChI=1S/C31H33N7O3/c32-15-24-17-35-38-18-26(41-12-11-36-19-30(20-36)21-40-22-30)13-27(29(24)38)23-4-5-28(34-16-23)37-9-6-31(39,7-10-37)14-25-3-1-2-8-33-25/h1-5,8,13,16-18,39H,6-7,9-12,14,19-22H2. The van der Waals surface area contributed by atoms with Crippen LogP contribution in [0.15, 0.2) is 61.2 Å². The van der Waals surface area contributed by atoms with Gasteiger partial charge in [-0.3, -0.25) is 9.88 Å². The average molecular weight is 552 g/mol. The molecule has 3 aliphatic rings. The highest BCUT2D eigenvalue weighted by molar-refractivity contribution is 5.85. The molecule has 0 aliphatic carbocycles. The summed E-state index contributed by atoms with van der Waals surface area (Å²) in [7, 11) is 0. The van der Waals surface area contributed by atoms with Gasteiger partial charge in [-0.15, -0.1) is 0 Å². The summed E-state index contributed by atoms with van der Waals surface area (Å²) in [6.07, 6.45) is 8.90. The van der Waals surface area contributed by atoms with Gasteiger partial charge in [0.1, 0.15) is 24.2 Å². The molecule has 0 amide bonds.